The molecule has 1 saturated heterocycles. The number of hydrogen-bond donors (Lipinski definition) is 2. The van der Waals surface area contributed by atoms with Crippen LogP contribution in [0.2, 0.25) is 0 Å². The summed E-state index contributed by atoms with van der Waals surface area (Å²) in [5, 5.41) is 14.1. The standard InChI is InChI=1S/C40H63FN2O2S/c1-35(2)29(28-10-17-39(27-41,18-11-28)34(44)45)12-15-36(3)32(35)13-16-38(5)33(36)9-8-30-31-7-6-14-40(31,20-19-37(30,38)4)42-21-22-43-23-25-46-26-24-43/h10,12,30-33,42H,6-9,11,13-27H2,1-5H3,(H,44,45)/t30?,31-,32?,33?,36?,37-,38?,39?,40?/m1/s1. The Labute approximate surface area is 283 Å². The van der Waals surface area contributed by atoms with Gasteiger partial charge in [0, 0.05) is 43.2 Å². The maximum Gasteiger partial charge on any atom is 0.312 e. The molecule has 1 aliphatic heterocycles. The second-order valence-corrected chi connectivity index (χ2v) is 19.6. The zero-order valence-electron chi connectivity index (χ0n) is 29.7. The van der Waals surface area contributed by atoms with E-state index in [1.807, 2.05) is 0 Å². The third-order valence-corrected chi connectivity index (χ3v) is 17.6. The van der Waals surface area contributed by atoms with Crippen molar-refractivity contribution in [2.45, 2.75) is 124 Å². The third kappa shape index (κ3) is 4.89. The van der Waals surface area contributed by atoms with Crippen molar-refractivity contribution in [1.82, 2.24) is 10.2 Å². The number of allylic oxidation sites excluding steroid dienone is 4. The monoisotopic (exact) mass is 654 g/mol. The Morgan fingerprint density at radius 3 is 2.39 bits per heavy atom. The molecule has 9 atom stereocenters. The Hall–Kier alpha value is -0.850. The zero-order valence-corrected chi connectivity index (χ0v) is 30.5. The molecule has 46 heavy (non-hydrogen) atoms. The summed E-state index contributed by atoms with van der Waals surface area (Å²) < 4.78 is 13.9. The number of carboxylic acid groups (broad SMARTS) is 1. The molecule has 4 nitrogen and oxygen atoms in total. The van der Waals surface area contributed by atoms with E-state index < -0.39 is 18.1 Å². The minimum Gasteiger partial charge on any atom is -0.481 e. The molecule has 0 amide bonds. The third-order valence-electron chi connectivity index (χ3n) is 16.6. The molecule has 258 valence electrons. The van der Waals surface area contributed by atoms with Gasteiger partial charge in [0.2, 0.25) is 0 Å². The molecule has 6 aliphatic carbocycles. The lowest BCUT2D eigenvalue weighted by Gasteiger charge is -2.72. The van der Waals surface area contributed by atoms with Crippen molar-refractivity contribution in [3.63, 3.8) is 0 Å². The number of aliphatic carboxylic acids is 1. The van der Waals surface area contributed by atoms with Gasteiger partial charge in [0.05, 0.1) is 5.41 Å². The van der Waals surface area contributed by atoms with Crippen LogP contribution in [0.3, 0.4) is 0 Å². The van der Waals surface area contributed by atoms with Gasteiger partial charge in [-0.15, -0.1) is 0 Å². The first-order valence-corrected chi connectivity index (χ1v) is 20.3. The van der Waals surface area contributed by atoms with Gasteiger partial charge in [-0.3, -0.25) is 4.79 Å². The average molecular weight is 655 g/mol. The number of hydrogen-bond acceptors (Lipinski definition) is 4. The van der Waals surface area contributed by atoms with Gasteiger partial charge in [0.1, 0.15) is 6.67 Å². The minimum atomic E-state index is -1.23. The number of halogens is 1. The topological polar surface area (TPSA) is 52.6 Å². The Balaban J connectivity index is 1.11. The van der Waals surface area contributed by atoms with Crippen molar-refractivity contribution < 1.29 is 14.3 Å². The van der Waals surface area contributed by atoms with E-state index in [0.29, 0.717) is 41.5 Å². The van der Waals surface area contributed by atoms with Crippen LogP contribution in [0.1, 0.15) is 118 Å². The fourth-order valence-corrected chi connectivity index (χ4v) is 14.8. The molecule has 0 aromatic carbocycles. The fraction of sp³-hybridized carbons (Fsp3) is 0.875. The molecule has 7 aliphatic rings. The van der Waals surface area contributed by atoms with Crippen LogP contribution >= 0.6 is 11.8 Å². The summed E-state index contributed by atoms with van der Waals surface area (Å²) in [4.78, 5) is 14.6. The maximum absolute atomic E-state index is 13.9. The van der Waals surface area contributed by atoms with E-state index in [0.717, 1.165) is 30.7 Å². The molecule has 1 heterocycles. The smallest absolute Gasteiger partial charge is 0.312 e. The highest BCUT2D eigenvalue weighted by Crippen LogP contribution is 2.76. The van der Waals surface area contributed by atoms with E-state index in [1.54, 1.807) is 0 Å². The predicted octanol–water partition coefficient (Wildman–Crippen LogP) is 8.92. The van der Waals surface area contributed by atoms with Gasteiger partial charge in [-0.25, -0.2) is 4.39 Å². The summed E-state index contributed by atoms with van der Waals surface area (Å²) in [5.74, 6) is 4.65. The second-order valence-electron chi connectivity index (χ2n) is 18.4. The summed E-state index contributed by atoms with van der Waals surface area (Å²) in [6.45, 7) is 17.3. The fourth-order valence-electron chi connectivity index (χ4n) is 13.8. The number of nitrogens with one attached hydrogen (secondary N) is 1. The number of alkyl halides is 1. The number of carbonyl (C=O) groups is 1. The van der Waals surface area contributed by atoms with Crippen molar-refractivity contribution in [2.24, 2.45) is 50.7 Å². The predicted molar refractivity (Wildman–Crippen MR) is 189 cm³/mol. The molecule has 0 bridgehead atoms. The Morgan fingerprint density at radius 2 is 1.70 bits per heavy atom. The van der Waals surface area contributed by atoms with E-state index in [4.69, 9.17) is 0 Å². The first-order valence-electron chi connectivity index (χ1n) is 19.1. The lowest BCUT2D eigenvalue weighted by molar-refractivity contribution is -0.218. The molecule has 0 radical (unpaired) electrons. The van der Waals surface area contributed by atoms with Gasteiger partial charge in [0.15, 0.2) is 0 Å². The van der Waals surface area contributed by atoms with Gasteiger partial charge in [0.25, 0.3) is 0 Å². The molecular weight excluding hydrogens is 592 g/mol. The maximum atomic E-state index is 13.9. The number of rotatable bonds is 7. The van der Waals surface area contributed by atoms with Crippen LogP contribution < -0.4 is 5.32 Å². The first-order chi connectivity index (χ1) is 21.9. The lowest BCUT2D eigenvalue weighted by atomic mass is 9.33. The van der Waals surface area contributed by atoms with E-state index in [9.17, 15) is 14.3 Å². The van der Waals surface area contributed by atoms with Gasteiger partial charge in [-0.2, -0.15) is 11.8 Å². The van der Waals surface area contributed by atoms with Crippen molar-refractivity contribution in [1.29, 1.82) is 0 Å². The van der Waals surface area contributed by atoms with Crippen LogP contribution in [0.25, 0.3) is 0 Å². The lowest BCUT2D eigenvalue weighted by Crippen LogP contribution is -2.67. The zero-order chi connectivity index (χ0) is 32.6. The van der Waals surface area contributed by atoms with E-state index in [1.165, 1.54) is 100 Å². The molecule has 7 unspecified atom stereocenters. The molecule has 2 N–H and O–H groups in total. The molecular formula is C40H63FN2O2S. The van der Waals surface area contributed by atoms with Crippen molar-refractivity contribution in [3.8, 4) is 0 Å². The summed E-state index contributed by atoms with van der Waals surface area (Å²) in [7, 11) is 0. The second kappa shape index (κ2) is 11.9. The molecule has 7 rings (SSSR count). The Kier molecular flexibility index (Phi) is 8.69. The summed E-state index contributed by atoms with van der Waals surface area (Å²) in [6, 6.07) is 0. The van der Waals surface area contributed by atoms with Crippen molar-refractivity contribution >= 4 is 17.7 Å². The minimum absolute atomic E-state index is 0.0426. The largest absolute Gasteiger partial charge is 0.481 e. The number of carboxylic acids is 1. The SMILES string of the molecule is CC1(C)C(C2=CCC(CF)(C(=O)O)CC2)=CCC2(C)C1CCC1(C)C2CCC2[C@H]3CCCC3(NCCN3CCSCC3)CC[C@]21C. The highest BCUT2D eigenvalue weighted by molar-refractivity contribution is 7.99. The average Bonchev–Trinajstić information content (AvgIpc) is 3.46. The summed E-state index contributed by atoms with van der Waals surface area (Å²) in [6.07, 6.45) is 19.6. The van der Waals surface area contributed by atoms with Gasteiger partial charge >= 0.3 is 5.97 Å². The number of nitrogens with zero attached hydrogens (tertiary/aromatic N) is 1. The van der Waals surface area contributed by atoms with Crippen molar-refractivity contribution in [2.75, 3.05) is 44.4 Å². The van der Waals surface area contributed by atoms with Gasteiger partial charge < -0.3 is 15.3 Å². The molecule has 0 aromatic rings. The van der Waals surface area contributed by atoms with Gasteiger partial charge in [-0.1, -0.05) is 53.2 Å². The Morgan fingerprint density at radius 1 is 0.913 bits per heavy atom. The molecule has 0 spiro atoms. The highest BCUT2D eigenvalue weighted by atomic mass is 32.2. The van der Waals surface area contributed by atoms with E-state index in [2.05, 4.69) is 68.7 Å². The van der Waals surface area contributed by atoms with Crippen LogP contribution in [-0.2, 0) is 4.79 Å². The van der Waals surface area contributed by atoms with Crippen LogP contribution in [0, 0.1) is 50.7 Å². The highest BCUT2D eigenvalue weighted by Gasteiger charge is 2.69. The molecule has 5 fully saturated rings. The quantitative estimate of drug-likeness (QED) is 0.287. The van der Waals surface area contributed by atoms with Crippen LogP contribution in [0.5, 0.6) is 0 Å². The van der Waals surface area contributed by atoms with Crippen LogP contribution in [0.15, 0.2) is 23.3 Å². The summed E-state index contributed by atoms with van der Waals surface area (Å²) >= 11 is 2.11. The van der Waals surface area contributed by atoms with Crippen LogP contribution in [0.4, 0.5) is 4.39 Å². The van der Waals surface area contributed by atoms with Crippen molar-refractivity contribution in [3.05, 3.63) is 23.3 Å². The first kappa shape index (κ1) is 33.6. The van der Waals surface area contributed by atoms with E-state index >= 15 is 0 Å². The summed E-state index contributed by atoms with van der Waals surface area (Å²) in [5.41, 5.74) is 2.99. The Bertz CT molecular complexity index is 1260. The normalized spacial score (nSPS) is 47.1. The van der Waals surface area contributed by atoms with E-state index in [-0.39, 0.29) is 10.8 Å². The molecule has 4 saturated carbocycles. The number of fused-ring (bicyclic) bond motifs is 7. The van der Waals surface area contributed by atoms with Gasteiger partial charge in [-0.05, 0) is 134 Å². The molecule has 6 heteroatoms. The van der Waals surface area contributed by atoms with Crippen LogP contribution in [-0.4, -0.2) is 65.9 Å². The number of thioether (sulfide) groups is 1. The molecule has 0 aromatic heterocycles.